The first-order valence-corrected chi connectivity index (χ1v) is 6.56. The minimum absolute atomic E-state index is 0.178. The molecule has 0 spiro atoms. The molecule has 1 saturated heterocycles. The number of nitrogens with one attached hydrogen (secondary N) is 1. The molecule has 0 bridgehead atoms. The number of amides is 2. The van der Waals surface area contributed by atoms with E-state index in [1.165, 1.54) is 11.8 Å². The predicted octanol–water partition coefficient (Wildman–Crippen LogP) is 0.833. The minimum Gasteiger partial charge on any atom is -0.481 e. The second-order valence-corrected chi connectivity index (χ2v) is 6.04. The number of ether oxygens (including phenoxy) is 1. The lowest BCUT2D eigenvalue weighted by Gasteiger charge is -2.36. The van der Waals surface area contributed by atoms with E-state index < -0.39 is 29.6 Å². The van der Waals surface area contributed by atoms with Crippen LogP contribution >= 0.6 is 0 Å². The monoisotopic (exact) mass is 286 g/mol. The summed E-state index contributed by atoms with van der Waals surface area (Å²) < 4.78 is 5.13. The number of rotatable bonds is 2. The Bertz CT molecular complexity index is 380. The van der Waals surface area contributed by atoms with Gasteiger partial charge in [-0.05, 0) is 27.2 Å². The van der Waals surface area contributed by atoms with Crippen LogP contribution in [0.15, 0.2) is 0 Å². The van der Waals surface area contributed by atoms with Crippen molar-refractivity contribution in [3.63, 3.8) is 0 Å². The van der Waals surface area contributed by atoms with Gasteiger partial charge in [0, 0.05) is 20.0 Å². The number of carbonyl (C=O) groups is 3. The summed E-state index contributed by atoms with van der Waals surface area (Å²) in [5.41, 5.74) is -0.620. The molecule has 2 atom stereocenters. The largest absolute Gasteiger partial charge is 0.481 e. The van der Waals surface area contributed by atoms with Crippen LogP contribution in [-0.2, 0) is 14.3 Å². The molecule has 2 N–H and O–H groups in total. The van der Waals surface area contributed by atoms with E-state index in [0.717, 1.165) is 0 Å². The number of hydrogen-bond donors (Lipinski definition) is 2. The zero-order chi connectivity index (χ0) is 15.5. The van der Waals surface area contributed by atoms with E-state index in [0.29, 0.717) is 13.0 Å². The normalized spacial score (nSPS) is 23.1. The van der Waals surface area contributed by atoms with Crippen LogP contribution in [0.1, 0.15) is 34.1 Å². The van der Waals surface area contributed by atoms with E-state index in [1.807, 2.05) is 0 Å². The average molecular weight is 286 g/mol. The van der Waals surface area contributed by atoms with Gasteiger partial charge >= 0.3 is 12.1 Å². The van der Waals surface area contributed by atoms with Gasteiger partial charge in [-0.15, -0.1) is 0 Å². The van der Waals surface area contributed by atoms with Crippen molar-refractivity contribution in [2.75, 3.05) is 13.1 Å². The number of carboxylic acid groups (broad SMARTS) is 1. The molecule has 0 aromatic carbocycles. The summed E-state index contributed by atoms with van der Waals surface area (Å²) in [6, 6.07) is -0.413. The summed E-state index contributed by atoms with van der Waals surface area (Å²) >= 11 is 0. The zero-order valence-electron chi connectivity index (χ0n) is 12.3. The van der Waals surface area contributed by atoms with Crippen molar-refractivity contribution in [3.05, 3.63) is 0 Å². The van der Waals surface area contributed by atoms with Gasteiger partial charge in [-0.1, -0.05) is 0 Å². The molecular weight excluding hydrogens is 264 g/mol. The second kappa shape index (κ2) is 6.11. The van der Waals surface area contributed by atoms with Crippen molar-refractivity contribution >= 4 is 18.0 Å². The fraction of sp³-hybridized carbons (Fsp3) is 0.769. The first-order valence-electron chi connectivity index (χ1n) is 6.56. The van der Waals surface area contributed by atoms with Gasteiger partial charge in [0.25, 0.3) is 0 Å². The Balaban J connectivity index is 2.66. The fourth-order valence-corrected chi connectivity index (χ4v) is 2.11. The molecule has 1 heterocycles. The van der Waals surface area contributed by atoms with Crippen molar-refractivity contribution in [1.82, 2.24) is 10.2 Å². The molecule has 1 aliphatic rings. The molecular formula is C13H22N2O5. The lowest BCUT2D eigenvalue weighted by Crippen LogP contribution is -2.54. The molecule has 2 amide bonds. The fourth-order valence-electron chi connectivity index (χ4n) is 2.11. The Labute approximate surface area is 118 Å². The molecule has 0 aromatic rings. The van der Waals surface area contributed by atoms with Crippen LogP contribution < -0.4 is 5.32 Å². The highest BCUT2D eigenvalue weighted by molar-refractivity contribution is 5.76. The molecule has 20 heavy (non-hydrogen) atoms. The van der Waals surface area contributed by atoms with Crippen LogP contribution in [0.5, 0.6) is 0 Å². The van der Waals surface area contributed by atoms with E-state index in [9.17, 15) is 14.4 Å². The Hall–Kier alpha value is -1.79. The van der Waals surface area contributed by atoms with Crippen molar-refractivity contribution in [2.24, 2.45) is 5.92 Å². The topological polar surface area (TPSA) is 95.9 Å². The van der Waals surface area contributed by atoms with Crippen LogP contribution in [0.2, 0.25) is 0 Å². The molecule has 1 aliphatic heterocycles. The third-order valence-corrected chi connectivity index (χ3v) is 2.97. The highest BCUT2D eigenvalue weighted by atomic mass is 16.6. The Morgan fingerprint density at radius 3 is 2.30 bits per heavy atom. The third kappa shape index (κ3) is 5.07. The van der Waals surface area contributed by atoms with E-state index >= 15 is 0 Å². The quantitative estimate of drug-likeness (QED) is 0.784. The number of nitrogens with zero attached hydrogens (tertiary/aromatic N) is 1. The number of alkyl carbamates (subject to hydrolysis) is 1. The van der Waals surface area contributed by atoms with Gasteiger partial charge < -0.3 is 20.1 Å². The Kier molecular flexibility index (Phi) is 4.97. The second-order valence-electron chi connectivity index (χ2n) is 6.04. The summed E-state index contributed by atoms with van der Waals surface area (Å²) in [5.74, 6) is -1.84. The highest BCUT2D eigenvalue weighted by Gasteiger charge is 2.34. The summed E-state index contributed by atoms with van der Waals surface area (Å²) in [4.78, 5) is 35.6. The molecule has 7 heteroatoms. The number of carboxylic acids is 1. The predicted molar refractivity (Wildman–Crippen MR) is 71.2 cm³/mol. The molecule has 114 valence electrons. The van der Waals surface area contributed by atoms with Crippen LogP contribution in [-0.4, -0.2) is 52.7 Å². The van der Waals surface area contributed by atoms with Crippen molar-refractivity contribution < 1.29 is 24.2 Å². The van der Waals surface area contributed by atoms with Crippen LogP contribution in [0.3, 0.4) is 0 Å². The Morgan fingerprint density at radius 2 is 1.85 bits per heavy atom. The molecule has 0 aliphatic carbocycles. The molecule has 2 unspecified atom stereocenters. The van der Waals surface area contributed by atoms with E-state index in [4.69, 9.17) is 9.84 Å². The standard InChI is InChI=1S/C13H22N2O5/c1-8(16)15-6-9(11(17)18)5-10(7-15)14-12(19)20-13(2,3)4/h9-10H,5-7H2,1-4H3,(H,14,19)(H,17,18). The maximum Gasteiger partial charge on any atom is 0.407 e. The lowest BCUT2D eigenvalue weighted by atomic mass is 9.94. The van der Waals surface area contributed by atoms with Crippen LogP contribution in [0, 0.1) is 5.92 Å². The molecule has 1 rings (SSSR count). The number of aliphatic carboxylic acids is 1. The van der Waals surface area contributed by atoms with Crippen molar-refractivity contribution in [2.45, 2.75) is 45.8 Å². The SMILES string of the molecule is CC(=O)N1CC(NC(=O)OC(C)(C)C)CC(C(=O)O)C1. The number of carbonyl (C=O) groups excluding carboxylic acids is 2. The zero-order valence-corrected chi connectivity index (χ0v) is 12.3. The van der Waals surface area contributed by atoms with Gasteiger partial charge in [0.1, 0.15) is 5.60 Å². The maximum absolute atomic E-state index is 11.7. The first kappa shape index (κ1) is 16.3. The molecule has 1 fully saturated rings. The van der Waals surface area contributed by atoms with Gasteiger partial charge in [-0.2, -0.15) is 0 Å². The van der Waals surface area contributed by atoms with Gasteiger partial charge in [0.05, 0.1) is 12.0 Å². The van der Waals surface area contributed by atoms with Crippen LogP contribution in [0.4, 0.5) is 4.79 Å². The summed E-state index contributed by atoms with van der Waals surface area (Å²) in [6.45, 7) is 7.10. The van der Waals surface area contributed by atoms with Crippen molar-refractivity contribution in [1.29, 1.82) is 0 Å². The minimum atomic E-state index is -0.966. The molecule has 0 saturated carbocycles. The number of hydrogen-bond acceptors (Lipinski definition) is 4. The Morgan fingerprint density at radius 1 is 1.25 bits per heavy atom. The smallest absolute Gasteiger partial charge is 0.407 e. The molecule has 7 nitrogen and oxygen atoms in total. The summed E-state index contributed by atoms with van der Waals surface area (Å²) in [5, 5.41) is 11.7. The van der Waals surface area contributed by atoms with Gasteiger partial charge in [-0.3, -0.25) is 9.59 Å². The van der Waals surface area contributed by atoms with Crippen molar-refractivity contribution in [3.8, 4) is 0 Å². The van der Waals surface area contributed by atoms with Gasteiger partial charge in [0.2, 0.25) is 5.91 Å². The third-order valence-electron chi connectivity index (χ3n) is 2.97. The van der Waals surface area contributed by atoms with E-state index in [-0.39, 0.29) is 12.5 Å². The van der Waals surface area contributed by atoms with Gasteiger partial charge in [-0.25, -0.2) is 4.79 Å². The van der Waals surface area contributed by atoms with Crippen LogP contribution in [0.25, 0.3) is 0 Å². The summed E-state index contributed by atoms with van der Waals surface area (Å²) in [7, 11) is 0. The highest BCUT2D eigenvalue weighted by Crippen LogP contribution is 2.18. The average Bonchev–Trinajstić information content (AvgIpc) is 2.25. The van der Waals surface area contributed by atoms with E-state index in [2.05, 4.69) is 5.32 Å². The summed E-state index contributed by atoms with van der Waals surface area (Å²) in [6.07, 6.45) is -0.310. The molecule has 0 radical (unpaired) electrons. The number of piperidine rings is 1. The molecule has 0 aromatic heterocycles. The first-order chi connectivity index (χ1) is 9.08. The maximum atomic E-state index is 11.7. The van der Waals surface area contributed by atoms with Gasteiger partial charge in [0.15, 0.2) is 0 Å². The number of likely N-dealkylation sites (tertiary alicyclic amines) is 1. The lowest BCUT2D eigenvalue weighted by molar-refractivity contribution is -0.146. The van der Waals surface area contributed by atoms with E-state index in [1.54, 1.807) is 20.8 Å².